The predicted molar refractivity (Wildman–Crippen MR) is 108 cm³/mol. The molecule has 0 saturated carbocycles. The van der Waals surface area contributed by atoms with Crippen LogP contribution in [0.5, 0.6) is 0 Å². The number of aryl methyl sites for hydroxylation is 1. The first kappa shape index (κ1) is 21.3. The zero-order valence-electron chi connectivity index (χ0n) is 15.9. The van der Waals surface area contributed by atoms with Crippen molar-refractivity contribution < 1.29 is 4.79 Å². The molecule has 6 nitrogen and oxygen atoms in total. The van der Waals surface area contributed by atoms with Crippen LogP contribution < -0.4 is 11.3 Å². The Balaban J connectivity index is 0.00000243. The molecular weight excluding hydrogens is 372 g/mol. The average molecular weight is 401 g/mol. The van der Waals surface area contributed by atoms with Crippen LogP contribution in [0.25, 0.3) is 0 Å². The molecule has 0 radical (unpaired) electrons. The number of carbonyl (C=O) groups excluding carboxylic acids is 1. The lowest BCUT2D eigenvalue weighted by Gasteiger charge is -2.41. The number of rotatable bonds is 3. The fourth-order valence-electron chi connectivity index (χ4n) is 4.03. The Morgan fingerprint density at radius 2 is 1.96 bits per heavy atom. The van der Waals surface area contributed by atoms with Crippen molar-refractivity contribution in [1.29, 1.82) is 0 Å². The predicted octanol–water partition coefficient (Wildman–Crippen LogP) is 1.78. The Hall–Kier alpha value is -1.05. The summed E-state index contributed by atoms with van der Waals surface area (Å²) in [6, 6.07) is -0.504. The molecule has 3 N–H and O–H groups in total. The van der Waals surface area contributed by atoms with E-state index in [9.17, 15) is 9.59 Å². The van der Waals surface area contributed by atoms with E-state index in [1.54, 1.807) is 11.8 Å². The second-order valence-corrected chi connectivity index (χ2v) is 9.33. The molecule has 1 saturated heterocycles. The molecule has 2 heterocycles. The number of nitrogens with one attached hydrogen (secondary N) is 1. The molecule has 1 atom stereocenters. The maximum Gasteiger partial charge on any atom is 0.254 e. The van der Waals surface area contributed by atoms with E-state index >= 15 is 0 Å². The highest BCUT2D eigenvalue weighted by molar-refractivity contribution is 8.00. The van der Waals surface area contributed by atoms with Crippen LogP contribution in [0.4, 0.5) is 0 Å². The number of piperidine rings is 1. The summed E-state index contributed by atoms with van der Waals surface area (Å²) in [4.78, 5) is 34.3. The van der Waals surface area contributed by atoms with Gasteiger partial charge in [0.15, 0.2) is 0 Å². The van der Waals surface area contributed by atoms with Gasteiger partial charge in [0.25, 0.3) is 5.56 Å². The quantitative estimate of drug-likeness (QED) is 0.806. The Morgan fingerprint density at radius 1 is 1.35 bits per heavy atom. The molecular formula is C18H29ClN4O2S. The van der Waals surface area contributed by atoms with Crippen LogP contribution in [0.3, 0.4) is 0 Å². The van der Waals surface area contributed by atoms with Crippen molar-refractivity contribution in [3.05, 3.63) is 27.4 Å². The summed E-state index contributed by atoms with van der Waals surface area (Å²) in [7, 11) is 0. The van der Waals surface area contributed by atoms with Gasteiger partial charge in [-0.25, -0.2) is 4.98 Å². The fraction of sp³-hybridized carbons (Fsp3) is 0.722. The molecule has 26 heavy (non-hydrogen) atoms. The molecule has 1 aliphatic heterocycles. The normalized spacial score (nSPS) is 19.8. The monoisotopic (exact) mass is 400 g/mol. The molecule has 3 rings (SSSR count). The molecule has 0 bridgehead atoms. The number of aromatic amines is 1. The lowest BCUT2D eigenvalue weighted by Crippen LogP contribution is -2.56. The number of carbonyl (C=O) groups is 1. The van der Waals surface area contributed by atoms with Gasteiger partial charge in [-0.2, -0.15) is 11.8 Å². The van der Waals surface area contributed by atoms with Crippen LogP contribution in [-0.4, -0.2) is 50.9 Å². The van der Waals surface area contributed by atoms with E-state index in [-0.39, 0.29) is 34.0 Å². The van der Waals surface area contributed by atoms with Crippen LogP contribution in [0.1, 0.15) is 50.2 Å². The van der Waals surface area contributed by atoms with Gasteiger partial charge < -0.3 is 15.6 Å². The summed E-state index contributed by atoms with van der Waals surface area (Å²) in [5.41, 5.74) is 7.98. The summed E-state index contributed by atoms with van der Waals surface area (Å²) in [5.74, 6) is 0.703. The van der Waals surface area contributed by atoms with Crippen molar-refractivity contribution >= 4 is 30.1 Å². The van der Waals surface area contributed by atoms with Gasteiger partial charge in [0.1, 0.15) is 5.82 Å². The highest BCUT2D eigenvalue weighted by Crippen LogP contribution is 2.44. The van der Waals surface area contributed by atoms with E-state index < -0.39 is 6.04 Å². The first-order valence-corrected chi connectivity index (χ1v) is 10.1. The minimum Gasteiger partial charge on any atom is -0.341 e. The summed E-state index contributed by atoms with van der Waals surface area (Å²) in [6.07, 6.45) is 5.43. The number of halogens is 1. The topological polar surface area (TPSA) is 92.1 Å². The zero-order valence-corrected chi connectivity index (χ0v) is 17.6. The van der Waals surface area contributed by atoms with Crippen LogP contribution in [-0.2, 0) is 16.6 Å². The van der Waals surface area contributed by atoms with E-state index in [0.717, 1.165) is 36.9 Å². The molecule has 2 aliphatic rings. The molecule has 0 unspecified atom stereocenters. The van der Waals surface area contributed by atoms with Crippen LogP contribution in [0.15, 0.2) is 4.79 Å². The third-order valence-corrected chi connectivity index (χ3v) is 7.37. The minimum absolute atomic E-state index is 0. The van der Waals surface area contributed by atoms with Crippen molar-refractivity contribution in [2.45, 2.75) is 62.7 Å². The van der Waals surface area contributed by atoms with Crippen molar-refractivity contribution in [2.75, 3.05) is 19.3 Å². The van der Waals surface area contributed by atoms with Gasteiger partial charge in [-0.3, -0.25) is 9.59 Å². The fourth-order valence-corrected chi connectivity index (χ4v) is 4.38. The van der Waals surface area contributed by atoms with E-state index in [2.05, 4.69) is 9.97 Å². The van der Waals surface area contributed by atoms with Gasteiger partial charge in [0.05, 0.1) is 11.7 Å². The zero-order chi connectivity index (χ0) is 18.4. The summed E-state index contributed by atoms with van der Waals surface area (Å²) < 4.78 is -0.280. The molecule has 1 aromatic heterocycles. The third kappa shape index (κ3) is 3.53. The number of aromatic nitrogens is 2. The highest BCUT2D eigenvalue weighted by Gasteiger charge is 2.45. The standard InChI is InChI=1S/C18H28N4O2S.ClH/c1-11-20-14-12(15(23)21-11)5-6-18(14)7-9-22(10-8-18)16(24)13(19)17(2,3)25-4;/h13H,5-10,19H2,1-4H3,(H,20,21,23);1H/t13-;/m1./s1. The van der Waals surface area contributed by atoms with E-state index in [1.165, 1.54) is 0 Å². The lowest BCUT2D eigenvalue weighted by atomic mass is 9.76. The van der Waals surface area contributed by atoms with E-state index in [0.29, 0.717) is 18.9 Å². The minimum atomic E-state index is -0.504. The van der Waals surface area contributed by atoms with Crippen LogP contribution in [0.2, 0.25) is 0 Å². The third-order valence-electron chi connectivity index (χ3n) is 6.06. The van der Waals surface area contributed by atoms with Crippen molar-refractivity contribution in [3.63, 3.8) is 0 Å². The maximum absolute atomic E-state index is 12.8. The number of thioether (sulfide) groups is 1. The summed E-state index contributed by atoms with van der Waals surface area (Å²) >= 11 is 1.62. The van der Waals surface area contributed by atoms with E-state index in [1.807, 2.05) is 31.9 Å². The van der Waals surface area contributed by atoms with Gasteiger partial charge in [0, 0.05) is 28.8 Å². The van der Waals surface area contributed by atoms with Gasteiger partial charge in [0.2, 0.25) is 5.91 Å². The maximum atomic E-state index is 12.8. The highest BCUT2D eigenvalue weighted by atomic mass is 35.5. The molecule has 0 aromatic carbocycles. The molecule has 1 aromatic rings. The Kier molecular flexibility index (Phi) is 6.15. The van der Waals surface area contributed by atoms with Gasteiger partial charge in [-0.15, -0.1) is 12.4 Å². The Bertz CT molecular complexity index is 741. The van der Waals surface area contributed by atoms with Crippen molar-refractivity contribution in [3.8, 4) is 0 Å². The lowest BCUT2D eigenvalue weighted by molar-refractivity contribution is -0.134. The number of nitrogens with zero attached hydrogens (tertiary/aromatic N) is 2. The van der Waals surface area contributed by atoms with Gasteiger partial charge in [-0.05, 0) is 52.7 Å². The molecule has 1 spiro atoms. The van der Waals surface area contributed by atoms with Crippen molar-refractivity contribution in [1.82, 2.24) is 14.9 Å². The Labute approximate surface area is 165 Å². The molecule has 1 aliphatic carbocycles. The number of likely N-dealkylation sites (tertiary alicyclic amines) is 1. The summed E-state index contributed by atoms with van der Waals surface area (Å²) in [6.45, 7) is 7.22. The number of fused-ring (bicyclic) bond motifs is 2. The van der Waals surface area contributed by atoms with E-state index in [4.69, 9.17) is 5.73 Å². The van der Waals surface area contributed by atoms with Gasteiger partial charge in [-0.1, -0.05) is 0 Å². The smallest absolute Gasteiger partial charge is 0.254 e. The van der Waals surface area contributed by atoms with Crippen LogP contribution >= 0.6 is 24.2 Å². The summed E-state index contributed by atoms with van der Waals surface area (Å²) in [5, 5.41) is 0. The first-order chi connectivity index (χ1) is 11.7. The number of hydrogen-bond donors (Lipinski definition) is 2. The largest absolute Gasteiger partial charge is 0.341 e. The second-order valence-electron chi connectivity index (χ2n) is 7.87. The molecule has 146 valence electrons. The molecule has 1 amide bonds. The molecule has 1 fully saturated rings. The first-order valence-electron chi connectivity index (χ1n) is 8.90. The average Bonchev–Trinajstić information content (AvgIpc) is 2.93. The van der Waals surface area contributed by atoms with Crippen LogP contribution in [0, 0.1) is 6.92 Å². The molecule has 8 heteroatoms. The number of H-pyrrole nitrogens is 1. The Morgan fingerprint density at radius 3 is 2.54 bits per heavy atom. The number of nitrogens with two attached hydrogens (primary N) is 1. The van der Waals surface area contributed by atoms with Crippen molar-refractivity contribution in [2.24, 2.45) is 5.73 Å². The van der Waals surface area contributed by atoms with Gasteiger partial charge >= 0.3 is 0 Å². The second kappa shape index (κ2) is 7.52. The number of amides is 1. The SMILES string of the molecule is CSC(C)(C)[C@H](N)C(=O)N1CCC2(CCc3c2nc(C)[nH]c3=O)CC1.Cl. The number of hydrogen-bond acceptors (Lipinski definition) is 5.